The molecule has 0 heterocycles. The van der Waals surface area contributed by atoms with Crippen LogP contribution in [0.1, 0.15) is 256 Å². The van der Waals surface area contributed by atoms with Crippen LogP contribution in [0, 0.1) is 68.2 Å². The van der Waals surface area contributed by atoms with Crippen LogP contribution in [0.25, 0.3) is 0 Å². The zero-order valence-corrected chi connectivity index (χ0v) is 67.8. The Morgan fingerprint density at radius 3 is 0.494 bits per heavy atom. The zero-order chi connectivity index (χ0) is 67.1. The Labute approximate surface area is 601 Å². The van der Waals surface area contributed by atoms with Crippen molar-refractivity contribution >= 4 is 0 Å². The van der Waals surface area contributed by atoms with E-state index >= 15 is 0 Å². The number of para-hydroxylation sites is 2. The van der Waals surface area contributed by atoms with Crippen LogP contribution in [0.5, 0.6) is 11.5 Å². The fourth-order valence-electron chi connectivity index (χ4n) is 1.17. The summed E-state index contributed by atoms with van der Waals surface area (Å²) < 4.78 is 0. The first-order valence-corrected chi connectivity index (χ1v) is 28.5. The van der Waals surface area contributed by atoms with Crippen molar-refractivity contribution in [3.8, 4) is 11.5 Å². The minimum atomic E-state index is -0.500. The summed E-state index contributed by atoms with van der Waals surface area (Å²) in [5, 5.41) is 81.2. The van der Waals surface area contributed by atoms with Gasteiger partial charge in [-0.2, -0.15) is 79.1 Å². The van der Waals surface area contributed by atoms with E-state index in [0.29, 0.717) is 24.7 Å². The molecule has 2 unspecified atom stereocenters. The molecule has 0 aliphatic carbocycles. The van der Waals surface area contributed by atoms with Crippen molar-refractivity contribution in [2.75, 3.05) is 27.4 Å². The molecule has 0 fully saturated rings. The van der Waals surface area contributed by atoms with E-state index in [-0.39, 0.29) is 121 Å². The van der Waals surface area contributed by atoms with Crippen molar-refractivity contribution in [3.63, 3.8) is 0 Å². The molecule has 2 atom stereocenters. The van der Waals surface area contributed by atoms with Crippen molar-refractivity contribution in [2.45, 2.75) is 279 Å². The molecule has 83 heavy (non-hydrogen) atoms. The topological polar surface area (TPSA) is 202 Å². The van der Waals surface area contributed by atoms with Crippen LogP contribution in [-0.4, -0.2) is 102 Å². The maximum atomic E-state index is 8.63. The van der Waals surface area contributed by atoms with E-state index in [4.69, 9.17) is 51.1 Å². The summed E-state index contributed by atoms with van der Waals surface area (Å²) in [5.74, 6) is 0.644. The number of phenols is 2. The molecule has 0 spiro atoms. The molecule has 0 aliphatic rings. The molecule has 0 saturated heterocycles. The fourth-order valence-corrected chi connectivity index (χ4v) is 1.17. The van der Waals surface area contributed by atoms with Crippen LogP contribution >= 0.6 is 0 Å². The molecule has 502 valence electrons. The normalized spacial score (nSPS) is 8.02. The summed E-state index contributed by atoms with van der Waals surface area (Å²) in [6.45, 7) is 74.7. The molecule has 2 aromatic carbocycles. The second-order valence-corrected chi connectivity index (χ2v) is 16.8. The second kappa shape index (κ2) is 199. The van der Waals surface area contributed by atoms with E-state index in [1.165, 1.54) is 0 Å². The minimum Gasteiger partial charge on any atom is -0.508 e. The third-order valence-corrected chi connectivity index (χ3v) is 3.72. The average molecular weight is 1370 g/mol. The SMILES string of the molecule is CC(C)(C)O.CC(C)(C)O.CCC(C)O.CCC(C)O.CCCCO.CCCCO.CO.CO.C[CH-]C.C[CH-]C.Oc1ccccc1.Oc1ccccc1.[CH2-]CC.[CH2-]CC.[CH2-]CC.[CH2-]CC.[CH2-]CC.[CH2-]CC.[CH2-]CC.[CH2-]CC.[Ti+2].[Ti+2].[Ti+2].[Ti+2].[Ti+2]. The van der Waals surface area contributed by atoms with Crippen molar-refractivity contribution in [3.05, 3.63) is 129 Å². The third-order valence-electron chi connectivity index (χ3n) is 3.72. The van der Waals surface area contributed by atoms with Crippen LogP contribution in [-0.2, 0) is 109 Å². The monoisotopic (exact) mass is 1370 g/mol. The Balaban J connectivity index is -0.0000000219. The molecular formula is C68H150O10Ti5. The molecule has 0 radical (unpaired) electrons. The largest absolute Gasteiger partial charge is 2.00 e. The molecule has 10 N–H and O–H groups in total. The number of aliphatic hydroxyl groups is 8. The number of unbranched alkanes of at least 4 members (excludes halogenated alkanes) is 2. The molecule has 0 aliphatic heterocycles. The molecule has 0 amide bonds. The molecule has 2 aromatic rings. The number of benzene rings is 2. The Morgan fingerprint density at radius 1 is 0.373 bits per heavy atom. The number of aromatic hydroxyl groups is 2. The maximum absolute atomic E-state index is 8.63. The number of rotatable bonds is 6. The van der Waals surface area contributed by atoms with Gasteiger partial charge in [0.25, 0.3) is 0 Å². The van der Waals surface area contributed by atoms with Crippen LogP contribution in [0.3, 0.4) is 0 Å². The van der Waals surface area contributed by atoms with Gasteiger partial charge in [0.2, 0.25) is 0 Å². The first-order valence-electron chi connectivity index (χ1n) is 28.5. The number of aliphatic hydroxyl groups excluding tert-OH is 6. The Kier molecular flexibility index (Phi) is 372. The quantitative estimate of drug-likeness (QED) is 0.0980. The van der Waals surface area contributed by atoms with Gasteiger partial charge in [0.05, 0.1) is 23.4 Å². The van der Waals surface area contributed by atoms with E-state index in [1.54, 1.807) is 104 Å². The van der Waals surface area contributed by atoms with Gasteiger partial charge >= 0.3 is 109 Å². The maximum Gasteiger partial charge on any atom is 2.00 e. The second-order valence-electron chi connectivity index (χ2n) is 16.8. The van der Waals surface area contributed by atoms with Gasteiger partial charge in [0, 0.05) is 27.4 Å². The minimum absolute atomic E-state index is 0. The molecule has 10 nitrogen and oxygen atoms in total. The van der Waals surface area contributed by atoms with Crippen LogP contribution < -0.4 is 0 Å². The molecule has 0 saturated carbocycles. The van der Waals surface area contributed by atoms with Gasteiger partial charge in [-0.25, -0.2) is 0 Å². The van der Waals surface area contributed by atoms with Gasteiger partial charge in [0.15, 0.2) is 0 Å². The van der Waals surface area contributed by atoms with E-state index in [1.807, 2.05) is 122 Å². The van der Waals surface area contributed by atoms with Crippen LogP contribution in [0.15, 0.2) is 60.7 Å². The number of phenolic OH excluding ortho intramolecular Hbond substituents is 2. The molecule has 15 heteroatoms. The molecule has 0 aromatic heterocycles. The average Bonchev–Trinajstić information content (AvgIpc) is 3.34. The predicted octanol–water partition coefficient (Wildman–Crippen LogP) is 19.0. The summed E-state index contributed by atoms with van der Waals surface area (Å²) in [7, 11) is 2.00. The smallest absolute Gasteiger partial charge is 0.508 e. The third kappa shape index (κ3) is 860. The van der Waals surface area contributed by atoms with Crippen molar-refractivity contribution in [1.82, 2.24) is 0 Å². The Morgan fingerprint density at radius 2 is 0.470 bits per heavy atom. The number of hydrogen-bond acceptors (Lipinski definition) is 10. The van der Waals surface area contributed by atoms with E-state index in [0.717, 1.165) is 104 Å². The van der Waals surface area contributed by atoms with Crippen molar-refractivity contribution in [2.24, 2.45) is 0 Å². The van der Waals surface area contributed by atoms with E-state index < -0.39 is 11.2 Å². The van der Waals surface area contributed by atoms with Gasteiger partial charge in [-0.3, -0.25) is 0 Å². The standard InChI is InChI=1S/2C6H6O.6C4H10O.10C3H7.2CH4O.5Ti/c2*7-6-4-2-1-3-5-6;2*1-4(2,3)5;2*1-3-4(2)5;2*1-2-3-4-5;10*1-3-2;2*1-2;;;;;/h2*1-5,7H;2*5H,1-3H3;2*4-5H,3H2,1-2H3;2*5H,2-4H2,1H3;2*3H,1-2H3;8*1,3H2,2H3;2*2H,1H3;;;;;/q;;;;;;;;10*-1;;;5*+2. The summed E-state index contributed by atoms with van der Waals surface area (Å²) in [4.78, 5) is 0. The summed E-state index contributed by atoms with van der Waals surface area (Å²) >= 11 is 0. The summed E-state index contributed by atoms with van der Waals surface area (Å²) in [6.07, 6.45) is 17.6. The Bertz CT molecular complexity index is 789. The summed E-state index contributed by atoms with van der Waals surface area (Å²) in [6, 6.07) is 17.4. The van der Waals surface area contributed by atoms with Crippen molar-refractivity contribution < 1.29 is 160 Å². The van der Waals surface area contributed by atoms with Gasteiger partial charge in [-0.1, -0.05) is 132 Å². The molecule has 2 rings (SSSR count). The zero-order valence-electron chi connectivity index (χ0n) is 60.0. The molecule has 0 bridgehead atoms. The van der Waals surface area contributed by atoms with Gasteiger partial charge < -0.3 is 119 Å². The Hall–Kier alpha value is 1.29. The predicted molar refractivity (Wildman–Crippen MR) is 361 cm³/mol. The van der Waals surface area contributed by atoms with Gasteiger partial charge in [0.1, 0.15) is 11.5 Å². The summed E-state index contributed by atoms with van der Waals surface area (Å²) in [5.41, 5.74) is -1.00. The number of hydrogen-bond donors (Lipinski definition) is 10. The van der Waals surface area contributed by atoms with E-state index in [9.17, 15) is 0 Å². The first-order chi connectivity index (χ1) is 36.3. The van der Waals surface area contributed by atoms with Crippen LogP contribution in [0.2, 0.25) is 0 Å². The first kappa shape index (κ1) is 156. The van der Waals surface area contributed by atoms with Gasteiger partial charge in [-0.05, 0) is 105 Å². The van der Waals surface area contributed by atoms with E-state index in [2.05, 4.69) is 69.2 Å². The van der Waals surface area contributed by atoms with Crippen molar-refractivity contribution in [1.29, 1.82) is 0 Å². The fraction of sp³-hybridized carbons (Fsp3) is 0.676. The molecular weight excluding hydrogens is 1220 g/mol. The van der Waals surface area contributed by atoms with Gasteiger partial charge in [-0.15, -0.1) is 0 Å². The van der Waals surface area contributed by atoms with Crippen LogP contribution in [0.4, 0.5) is 0 Å².